The Kier molecular flexibility index (Phi) is 1.48. The zero-order valence-electron chi connectivity index (χ0n) is 11.3. The molecule has 0 spiro atoms. The van der Waals surface area contributed by atoms with E-state index in [0.29, 0.717) is 5.92 Å². The van der Waals surface area contributed by atoms with Crippen LogP contribution in [0, 0.1) is 11.8 Å². The van der Waals surface area contributed by atoms with E-state index < -0.39 is 0 Å². The first kappa shape index (κ1) is 10.0. The normalized spacial score (nSPS) is 17.0. The SMILES string of the molecule is C1#CC2c3ccccc3-c3cc4c(c1c32)-c1ccccc1-4. The summed E-state index contributed by atoms with van der Waals surface area (Å²) in [5.74, 6) is 7.19. The number of hydrogen-bond acceptors (Lipinski definition) is 0. The van der Waals surface area contributed by atoms with Gasteiger partial charge in [-0.2, -0.15) is 0 Å². The summed E-state index contributed by atoms with van der Waals surface area (Å²) in [6.45, 7) is 0. The van der Waals surface area contributed by atoms with Crippen molar-refractivity contribution in [3.05, 3.63) is 71.3 Å². The molecule has 3 aliphatic rings. The summed E-state index contributed by atoms with van der Waals surface area (Å²) in [4.78, 5) is 0. The van der Waals surface area contributed by atoms with E-state index in [-0.39, 0.29) is 0 Å². The van der Waals surface area contributed by atoms with Crippen LogP contribution in [-0.4, -0.2) is 0 Å². The van der Waals surface area contributed by atoms with Crippen molar-refractivity contribution in [2.24, 2.45) is 0 Å². The highest BCUT2D eigenvalue weighted by atomic mass is 14.4. The van der Waals surface area contributed by atoms with E-state index in [0.717, 1.165) is 0 Å². The van der Waals surface area contributed by atoms with E-state index >= 15 is 0 Å². The summed E-state index contributed by atoms with van der Waals surface area (Å²) in [5, 5.41) is 0. The molecular formula is C21H10. The first-order chi connectivity index (χ1) is 10.4. The Morgan fingerprint density at radius 3 is 2.38 bits per heavy atom. The van der Waals surface area contributed by atoms with E-state index in [2.05, 4.69) is 66.4 Å². The van der Waals surface area contributed by atoms with Crippen LogP contribution in [-0.2, 0) is 0 Å². The lowest BCUT2D eigenvalue weighted by Crippen LogP contribution is -2.03. The highest BCUT2D eigenvalue weighted by Gasteiger charge is 2.37. The lowest BCUT2D eigenvalue weighted by molar-refractivity contribution is 1.13. The number of fused-ring (bicyclic) bond motifs is 8. The summed E-state index contributed by atoms with van der Waals surface area (Å²) in [6, 6.07) is 19.8. The Hall–Kier alpha value is -2.78. The number of benzene rings is 3. The van der Waals surface area contributed by atoms with Gasteiger partial charge >= 0.3 is 0 Å². The van der Waals surface area contributed by atoms with Gasteiger partial charge in [0.05, 0.1) is 5.92 Å². The van der Waals surface area contributed by atoms with Gasteiger partial charge in [0, 0.05) is 11.1 Å². The molecule has 94 valence electrons. The molecule has 1 atom stereocenters. The lowest BCUT2D eigenvalue weighted by atomic mass is 9.75. The topological polar surface area (TPSA) is 0 Å². The second-order valence-corrected chi connectivity index (χ2v) is 5.97. The first-order valence-corrected chi connectivity index (χ1v) is 7.35. The van der Waals surface area contributed by atoms with E-state index in [1.165, 1.54) is 50.1 Å². The van der Waals surface area contributed by atoms with Gasteiger partial charge < -0.3 is 0 Å². The summed E-state index contributed by atoms with van der Waals surface area (Å²) in [6.07, 6.45) is 0. The quantitative estimate of drug-likeness (QED) is 0.399. The van der Waals surface area contributed by atoms with Gasteiger partial charge in [-0.05, 0) is 45.0 Å². The predicted molar refractivity (Wildman–Crippen MR) is 85.0 cm³/mol. The fourth-order valence-electron chi connectivity index (χ4n) is 4.16. The smallest absolute Gasteiger partial charge is 0.0730 e. The van der Waals surface area contributed by atoms with Gasteiger partial charge in [0.25, 0.3) is 0 Å². The van der Waals surface area contributed by atoms with Crippen molar-refractivity contribution in [2.75, 3.05) is 0 Å². The van der Waals surface area contributed by atoms with Crippen LogP contribution >= 0.6 is 0 Å². The molecule has 0 nitrogen and oxygen atoms in total. The molecular weight excluding hydrogens is 252 g/mol. The Morgan fingerprint density at radius 2 is 1.48 bits per heavy atom. The molecule has 0 heteroatoms. The largest absolute Gasteiger partial charge is 0.0847 e. The average Bonchev–Trinajstić information content (AvgIpc) is 3.07. The van der Waals surface area contributed by atoms with Crippen LogP contribution in [0.15, 0.2) is 54.6 Å². The molecule has 0 saturated heterocycles. The molecule has 0 radical (unpaired) electrons. The molecule has 6 rings (SSSR count). The predicted octanol–water partition coefficient (Wildman–Crippen LogP) is 4.81. The number of rotatable bonds is 0. The minimum absolute atomic E-state index is 0.296. The van der Waals surface area contributed by atoms with E-state index in [9.17, 15) is 0 Å². The van der Waals surface area contributed by atoms with Gasteiger partial charge in [0.1, 0.15) is 0 Å². The molecule has 3 aliphatic carbocycles. The summed E-state index contributed by atoms with van der Waals surface area (Å²) < 4.78 is 0. The molecule has 0 fully saturated rings. The Labute approximate surface area is 123 Å². The van der Waals surface area contributed by atoms with Crippen molar-refractivity contribution in [3.8, 4) is 45.2 Å². The van der Waals surface area contributed by atoms with Crippen molar-refractivity contribution in [3.63, 3.8) is 0 Å². The van der Waals surface area contributed by atoms with Gasteiger partial charge in [-0.15, -0.1) is 0 Å². The Bertz CT molecular complexity index is 1040. The summed E-state index contributed by atoms with van der Waals surface area (Å²) in [7, 11) is 0. The minimum Gasteiger partial charge on any atom is -0.0847 e. The van der Waals surface area contributed by atoms with Crippen molar-refractivity contribution in [2.45, 2.75) is 5.92 Å². The average molecular weight is 262 g/mol. The van der Waals surface area contributed by atoms with E-state index in [1.54, 1.807) is 0 Å². The van der Waals surface area contributed by atoms with Crippen LogP contribution in [0.2, 0.25) is 0 Å². The zero-order chi connectivity index (χ0) is 13.6. The molecule has 0 heterocycles. The Morgan fingerprint density at radius 1 is 0.714 bits per heavy atom. The van der Waals surface area contributed by atoms with Gasteiger partial charge in [-0.25, -0.2) is 0 Å². The summed E-state index contributed by atoms with van der Waals surface area (Å²) in [5.41, 5.74) is 12.4. The minimum atomic E-state index is 0.296. The second kappa shape index (κ2) is 3.10. The van der Waals surface area contributed by atoms with Gasteiger partial charge in [-0.1, -0.05) is 60.4 Å². The third-order valence-corrected chi connectivity index (χ3v) is 5.05. The molecule has 21 heavy (non-hydrogen) atoms. The van der Waals surface area contributed by atoms with Gasteiger partial charge in [0.15, 0.2) is 0 Å². The molecule has 1 unspecified atom stereocenters. The van der Waals surface area contributed by atoms with Crippen LogP contribution < -0.4 is 0 Å². The van der Waals surface area contributed by atoms with Crippen LogP contribution in [0.25, 0.3) is 33.4 Å². The molecule has 0 aliphatic heterocycles. The van der Waals surface area contributed by atoms with Crippen molar-refractivity contribution in [1.29, 1.82) is 0 Å². The molecule has 0 N–H and O–H groups in total. The van der Waals surface area contributed by atoms with Gasteiger partial charge in [-0.3, -0.25) is 0 Å². The van der Waals surface area contributed by atoms with Crippen molar-refractivity contribution < 1.29 is 0 Å². The molecule has 3 aromatic rings. The molecule has 0 bridgehead atoms. The standard InChI is InChI=1S/C21H10/c1-2-6-13-12(5-1)16-9-10-17-20-15-8-4-3-7-14(15)19(20)11-18(13)21(16)17/h1-8,11,16H. The molecule has 0 aromatic heterocycles. The monoisotopic (exact) mass is 262 g/mol. The van der Waals surface area contributed by atoms with Crippen LogP contribution in [0.5, 0.6) is 0 Å². The maximum atomic E-state index is 3.46. The van der Waals surface area contributed by atoms with Crippen LogP contribution in [0.4, 0.5) is 0 Å². The van der Waals surface area contributed by atoms with E-state index in [1.807, 2.05) is 0 Å². The van der Waals surface area contributed by atoms with E-state index in [4.69, 9.17) is 0 Å². The Balaban J connectivity index is 1.77. The lowest BCUT2D eigenvalue weighted by Gasteiger charge is -2.27. The highest BCUT2D eigenvalue weighted by molar-refractivity contribution is 6.09. The molecule has 3 aromatic carbocycles. The zero-order valence-corrected chi connectivity index (χ0v) is 11.3. The third-order valence-electron chi connectivity index (χ3n) is 5.05. The van der Waals surface area contributed by atoms with Gasteiger partial charge in [0.2, 0.25) is 0 Å². The summed E-state index contributed by atoms with van der Waals surface area (Å²) >= 11 is 0. The third kappa shape index (κ3) is 0.967. The fourth-order valence-corrected chi connectivity index (χ4v) is 4.16. The van der Waals surface area contributed by atoms with Crippen molar-refractivity contribution in [1.82, 2.24) is 0 Å². The van der Waals surface area contributed by atoms with Crippen LogP contribution in [0.1, 0.15) is 22.6 Å². The number of hydrogen-bond donors (Lipinski definition) is 0. The molecule has 0 saturated carbocycles. The van der Waals surface area contributed by atoms with Crippen molar-refractivity contribution >= 4 is 0 Å². The highest BCUT2D eigenvalue weighted by Crippen LogP contribution is 2.57. The fraction of sp³-hybridized carbons (Fsp3) is 0.0476. The maximum Gasteiger partial charge on any atom is 0.0730 e. The van der Waals surface area contributed by atoms with Crippen LogP contribution in [0.3, 0.4) is 0 Å². The molecule has 0 amide bonds. The second-order valence-electron chi connectivity index (χ2n) is 5.97. The maximum absolute atomic E-state index is 3.46. The first-order valence-electron chi connectivity index (χ1n) is 7.35.